The van der Waals surface area contributed by atoms with Gasteiger partial charge in [-0.3, -0.25) is 0 Å². The van der Waals surface area contributed by atoms with Crippen molar-refractivity contribution in [2.24, 2.45) is 0 Å². The van der Waals surface area contributed by atoms with Crippen LogP contribution in [0.25, 0.3) is 117 Å². The Labute approximate surface area is 369 Å². The molecule has 9 aromatic carbocycles. The minimum Gasteiger partial charge on any atom is -0.453 e. The second-order valence-corrected chi connectivity index (χ2v) is 16.0. The summed E-state index contributed by atoms with van der Waals surface area (Å²) in [5.74, 6) is 0.513. The average Bonchev–Trinajstić information content (AvgIpc) is 3.93. The summed E-state index contributed by atoms with van der Waals surface area (Å²) in [6.07, 6.45) is 0. The largest absolute Gasteiger partial charge is 0.453 e. The second-order valence-electron chi connectivity index (χ2n) is 16.0. The lowest BCUT2D eigenvalue weighted by Gasteiger charge is -2.20. The number of nitrogens with zero attached hydrogens (tertiary/aromatic N) is 4. The van der Waals surface area contributed by atoms with Crippen molar-refractivity contribution in [1.29, 1.82) is 5.26 Å². The van der Waals surface area contributed by atoms with Gasteiger partial charge in [0.15, 0.2) is 11.4 Å². The highest BCUT2D eigenvalue weighted by atomic mass is 16.3. The number of aromatic nitrogens is 3. The number of hydrogen-bond donors (Lipinski definition) is 0. The van der Waals surface area contributed by atoms with Gasteiger partial charge in [-0.05, 0) is 46.5 Å². The fourth-order valence-electron chi connectivity index (χ4n) is 9.36. The van der Waals surface area contributed by atoms with Gasteiger partial charge in [0.1, 0.15) is 17.2 Å². The fraction of sp³-hybridized carbons (Fsp3) is 0. The molecule has 3 heterocycles. The van der Waals surface area contributed by atoms with Crippen molar-refractivity contribution in [3.05, 3.63) is 224 Å². The molecule has 0 aliphatic rings. The molecule has 3 aromatic heterocycles. The van der Waals surface area contributed by atoms with Gasteiger partial charge in [-0.15, -0.1) is 0 Å². The van der Waals surface area contributed by atoms with E-state index in [9.17, 15) is 5.26 Å². The van der Waals surface area contributed by atoms with Crippen LogP contribution in [0.3, 0.4) is 0 Å². The first-order chi connectivity index (χ1) is 31.7. The number of fused-ring (bicyclic) bond motifs is 7. The molecule has 0 unspecified atom stereocenters. The predicted molar refractivity (Wildman–Crippen MR) is 261 cm³/mol. The quantitative estimate of drug-likeness (QED) is 0.161. The van der Waals surface area contributed by atoms with Crippen LogP contribution in [0, 0.1) is 11.3 Å². The fourth-order valence-corrected chi connectivity index (χ4v) is 9.36. The van der Waals surface area contributed by atoms with E-state index in [0.717, 1.165) is 99.5 Å². The highest BCUT2D eigenvalue weighted by Gasteiger charge is 2.26. The summed E-state index contributed by atoms with van der Waals surface area (Å²) in [6.45, 7) is 0. The number of furan rings is 1. The summed E-state index contributed by atoms with van der Waals surface area (Å²) < 4.78 is 9.55. The summed E-state index contributed by atoms with van der Waals surface area (Å²) >= 11 is 0. The van der Waals surface area contributed by atoms with Crippen LogP contribution in [0.1, 0.15) is 5.56 Å². The Morgan fingerprint density at radius 3 is 1.47 bits per heavy atom. The number of hydrogen-bond acceptors (Lipinski definition) is 4. The number of para-hydroxylation sites is 2. The zero-order valence-corrected chi connectivity index (χ0v) is 34.5. The van der Waals surface area contributed by atoms with Gasteiger partial charge in [-0.25, -0.2) is 9.97 Å². The predicted octanol–water partition coefficient (Wildman–Crippen LogP) is 15.3. The molecule has 5 nitrogen and oxygen atoms in total. The van der Waals surface area contributed by atoms with Crippen molar-refractivity contribution >= 4 is 43.7 Å². The minimum atomic E-state index is 0.424. The van der Waals surface area contributed by atoms with Crippen LogP contribution in [0.15, 0.2) is 223 Å². The van der Waals surface area contributed by atoms with Crippen molar-refractivity contribution < 1.29 is 4.42 Å². The SMILES string of the molecule is N#Cc1c(-c2ccccc2)nc(-c2cc(-n3c4ccccc4c4ccc5c6cccc(-c7ccccc7)c6oc5c43)c(-c3ccccc3)cc2-c2ccccc2)nc1-c1ccccc1. The summed E-state index contributed by atoms with van der Waals surface area (Å²) in [5, 5.41) is 15.1. The van der Waals surface area contributed by atoms with Crippen molar-refractivity contribution in [3.63, 3.8) is 0 Å². The van der Waals surface area contributed by atoms with Crippen LogP contribution in [0.4, 0.5) is 0 Å². The monoisotopic (exact) mass is 816 g/mol. The molecule has 0 aliphatic carbocycles. The molecule has 0 N–H and O–H groups in total. The molecule has 64 heavy (non-hydrogen) atoms. The molecule has 0 fully saturated rings. The maximum Gasteiger partial charge on any atom is 0.161 e. The molecule has 298 valence electrons. The first kappa shape index (κ1) is 37.0. The third kappa shape index (κ3) is 6.00. The van der Waals surface area contributed by atoms with E-state index in [-0.39, 0.29) is 0 Å². The number of benzene rings is 9. The molecule has 0 amide bonds. The number of nitriles is 1. The lowest BCUT2D eigenvalue weighted by atomic mass is 9.91. The van der Waals surface area contributed by atoms with Crippen LogP contribution in [-0.2, 0) is 0 Å². The van der Waals surface area contributed by atoms with E-state index in [4.69, 9.17) is 14.4 Å². The summed E-state index contributed by atoms with van der Waals surface area (Å²) in [5.41, 5.74) is 14.9. The first-order valence-electron chi connectivity index (χ1n) is 21.4. The topological polar surface area (TPSA) is 67.6 Å². The van der Waals surface area contributed by atoms with Crippen molar-refractivity contribution in [2.45, 2.75) is 0 Å². The highest BCUT2D eigenvalue weighted by molar-refractivity contribution is 6.23. The van der Waals surface area contributed by atoms with E-state index in [0.29, 0.717) is 22.8 Å². The summed E-state index contributed by atoms with van der Waals surface area (Å²) in [4.78, 5) is 10.7. The molecule has 0 aliphatic heterocycles. The van der Waals surface area contributed by atoms with Gasteiger partial charge in [0.25, 0.3) is 0 Å². The standard InChI is InChI=1S/C59H36N4O/c60-37-51-54(41-25-12-4-13-26-41)61-59(62-55(51)42-27-14-5-15-28-42)50-36-53(49(40-23-10-3-11-24-40)35-48(50)39-21-8-2-9-22-39)63-52-32-17-16-29-44(52)45-33-34-47-46-31-18-30-43(38-19-6-1-7-20-38)57(46)64-58(47)56(45)63/h1-36H. The Balaban J connectivity index is 1.24. The molecule has 5 heteroatoms. The van der Waals surface area contributed by atoms with E-state index >= 15 is 0 Å². The molecule has 0 spiro atoms. The van der Waals surface area contributed by atoms with Gasteiger partial charge in [-0.2, -0.15) is 5.26 Å². The Kier molecular flexibility index (Phi) is 8.81. The lowest BCUT2D eigenvalue weighted by molar-refractivity contribution is 0.672. The average molecular weight is 817 g/mol. The summed E-state index contributed by atoms with van der Waals surface area (Å²) in [6, 6.07) is 77.8. The maximum absolute atomic E-state index is 10.8. The zero-order valence-electron chi connectivity index (χ0n) is 34.5. The Morgan fingerprint density at radius 2 is 0.875 bits per heavy atom. The van der Waals surface area contributed by atoms with Gasteiger partial charge in [0, 0.05) is 49.4 Å². The lowest BCUT2D eigenvalue weighted by Crippen LogP contribution is -2.04. The third-order valence-electron chi connectivity index (χ3n) is 12.3. The number of rotatable bonds is 7. The molecule has 0 bridgehead atoms. The molecular weight excluding hydrogens is 781 g/mol. The van der Waals surface area contributed by atoms with Gasteiger partial charge in [-0.1, -0.05) is 194 Å². The minimum absolute atomic E-state index is 0.424. The molecule has 12 rings (SSSR count). The Hall–Kier alpha value is -8.85. The van der Waals surface area contributed by atoms with Gasteiger partial charge < -0.3 is 8.98 Å². The Morgan fingerprint density at radius 1 is 0.391 bits per heavy atom. The van der Waals surface area contributed by atoms with E-state index in [1.165, 1.54) is 0 Å². The van der Waals surface area contributed by atoms with Crippen molar-refractivity contribution in [1.82, 2.24) is 14.5 Å². The molecule has 0 radical (unpaired) electrons. The van der Waals surface area contributed by atoms with Crippen LogP contribution in [-0.4, -0.2) is 14.5 Å². The van der Waals surface area contributed by atoms with Crippen LogP contribution in [0.2, 0.25) is 0 Å². The van der Waals surface area contributed by atoms with E-state index < -0.39 is 0 Å². The van der Waals surface area contributed by atoms with Gasteiger partial charge in [0.05, 0.1) is 28.1 Å². The first-order valence-corrected chi connectivity index (χ1v) is 21.4. The van der Waals surface area contributed by atoms with Crippen LogP contribution >= 0.6 is 0 Å². The van der Waals surface area contributed by atoms with Crippen molar-refractivity contribution in [3.8, 4) is 79.0 Å². The third-order valence-corrected chi connectivity index (χ3v) is 12.3. The van der Waals surface area contributed by atoms with Gasteiger partial charge >= 0.3 is 0 Å². The summed E-state index contributed by atoms with van der Waals surface area (Å²) in [7, 11) is 0. The molecule has 0 atom stereocenters. The Bertz CT molecular complexity index is 3700. The smallest absolute Gasteiger partial charge is 0.161 e. The zero-order chi connectivity index (χ0) is 42.6. The normalized spacial score (nSPS) is 11.4. The van der Waals surface area contributed by atoms with E-state index in [2.05, 4.69) is 156 Å². The van der Waals surface area contributed by atoms with E-state index in [1.54, 1.807) is 0 Å². The van der Waals surface area contributed by atoms with Gasteiger partial charge in [0.2, 0.25) is 0 Å². The van der Waals surface area contributed by atoms with Crippen LogP contribution in [0.5, 0.6) is 0 Å². The molecule has 0 saturated heterocycles. The second kappa shape index (κ2) is 15.3. The highest BCUT2D eigenvalue weighted by Crippen LogP contribution is 2.46. The van der Waals surface area contributed by atoms with E-state index in [1.807, 2.05) is 72.8 Å². The van der Waals surface area contributed by atoms with Crippen molar-refractivity contribution in [2.75, 3.05) is 0 Å². The van der Waals surface area contributed by atoms with Crippen LogP contribution < -0.4 is 0 Å². The molecular formula is C59H36N4O. The maximum atomic E-state index is 10.8. The molecule has 12 aromatic rings. The molecule has 0 saturated carbocycles.